The van der Waals surface area contributed by atoms with E-state index in [1.54, 1.807) is 16.7 Å². The van der Waals surface area contributed by atoms with E-state index in [0.717, 1.165) is 32.0 Å². The van der Waals surface area contributed by atoms with E-state index in [1.165, 1.54) is 19.2 Å². The smallest absolute Gasteiger partial charge is 0.384 e. The zero-order valence-corrected chi connectivity index (χ0v) is 22.1. The summed E-state index contributed by atoms with van der Waals surface area (Å²) < 4.78 is 76.7. The van der Waals surface area contributed by atoms with Crippen molar-refractivity contribution in [3.05, 3.63) is 77.5 Å². The second-order valence-electron chi connectivity index (χ2n) is 9.43. The maximum absolute atomic E-state index is 13.4. The molecule has 1 aromatic carbocycles. The summed E-state index contributed by atoms with van der Waals surface area (Å²) in [6.07, 6.45) is 7.67. The molecule has 0 fully saturated rings. The predicted molar refractivity (Wildman–Crippen MR) is 139 cm³/mol. The fourth-order valence-corrected chi connectivity index (χ4v) is 2.98. The van der Waals surface area contributed by atoms with Crippen molar-refractivity contribution in [1.29, 1.82) is 0 Å². The summed E-state index contributed by atoms with van der Waals surface area (Å²) in [6.45, 7) is 15.6. The minimum Gasteiger partial charge on any atom is -0.384 e. The van der Waals surface area contributed by atoms with Crippen LogP contribution >= 0.6 is 0 Å². The van der Waals surface area contributed by atoms with E-state index in [0.29, 0.717) is 23.1 Å². The Kier molecular flexibility index (Phi) is 12.9. The Balaban J connectivity index is 0.000000723. The number of nitrogens with zero attached hydrogens (tertiary/aromatic N) is 2. The summed E-state index contributed by atoms with van der Waals surface area (Å²) in [5.74, 6) is -3.72. The lowest BCUT2D eigenvalue weighted by Crippen LogP contribution is -2.19. The number of pyridine rings is 1. The average molecular weight is 542 g/mol. The Morgan fingerprint density at radius 1 is 0.974 bits per heavy atom. The lowest BCUT2D eigenvalue weighted by molar-refractivity contribution is -0.137. The van der Waals surface area contributed by atoms with E-state index in [2.05, 4.69) is 50.5 Å². The number of imidazole rings is 1. The lowest BCUT2D eigenvalue weighted by atomic mass is 9.92. The van der Waals surface area contributed by atoms with E-state index in [1.807, 2.05) is 6.79 Å². The molecule has 2 aromatic heterocycles. The van der Waals surface area contributed by atoms with Crippen molar-refractivity contribution >= 4 is 18.1 Å². The van der Waals surface area contributed by atoms with E-state index in [9.17, 15) is 26.3 Å². The lowest BCUT2D eigenvalue weighted by Gasteiger charge is -2.18. The highest BCUT2D eigenvalue weighted by Gasteiger charge is 2.31. The number of halogens is 6. The number of alkyl halides is 5. The first-order valence-corrected chi connectivity index (χ1v) is 11.2. The molecule has 4 nitrogen and oxygen atoms in total. The van der Waals surface area contributed by atoms with Crippen LogP contribution in [0.2, 0.25) is 0 Å². The summed E-state index contributed by atoms with van der Waals surface area (Å²) in [5.41, 5.74) is 1.54. The number of hydrogen-bond donors (Lipinski definition) is 1. The van der Waals surface area contributed by atoms with Gasteiger partial charge in [-0.1, -0.05) is 27.4 Å². The maximum Gasteiger partial charge on any atom is 0.416 e. The molecule has 208 valence electrons. The summed E-state index contributed by atoms with van der Waals surface area (Å²) in [7, 11) is 0. The molecule has 0 saturated carbocycles. The maximum atomic E-state index is 13.4. The first-order valence-electron chi connectivity index (χ1n) is 11.2. The van der Waals surface area contributed by atoms with Crippen LogP contribution in [-0.4, -0.2) is 22.7 Å². The Morgan fingerprint density at radius 3 is 2.03 bits per heavy atom. The third-order valence-corrected chi connectivity index (χ3v) is 4.85. The van der Waals surface area contributed by atoms with E-state index >= 15 is 0 Å². The number of carbonyl (C=O) groups is 1. The van der Waals surface area contributed by atoms with Gasteiger partial charge in [0.15, 0.2) is 0 Å². The predicted octanol–water partition coefficient (Wildman–Crippen LogP) is 7.66. The number of nitrogens with one attached hydrogen (secondary N) is 1. The molecule has 0 amide bonds. The van der Waals surface area contributed by atoms with Gasteiger partial charge >= 0.3 is 6.18 Å². The summed E-state index contributed by atoms with van der Waals surface area (Å²) in [6, 6.07) is 5.44. The average Bonchev–Trinajstić information content (AvgIpc) is 3.23. The number of aromatic nitrogens is 2. The molecule has 0 aliphatic carbocycles. The number of carbonyl (C=O) groups excluding carboxylic acids is 1. The molecule has 0 atom stereocenters. The van der Waals surface area contributed by atoms with Crippen LogP contribution in [0.4, 0.5) is 26.3 Å². The van der Waals surface area contributed by atoms with Crippen LogP contribution in [-0.2, 0) is 16.9 Å². The third kappa shape index (κ3) is 11.5. The van der Waals surface area contributed by atoms with Crippen molar-refractivity contribution < 1.29 is 31.1 Å². The molecule has 2 heterocycles. The van der Waals surface area contributed by atoms with Crippen LogP contribution in [0.3, 0.4) is 0 Å². The first kappa shape index (κ1) is 34.3. The van der Waals surface area contributed by atoms with Crippen LogP contribution in [0, 0.1) is 31.0 Å². The molecule has 0 spiro atoms. The van der Waals surface area contributed by atoms with Crippen LogP contribution in [0.25, 0.3) is 11.3 Å². The molecule has 10 heteroatoms. The van der Waals surface area contributed by atoms with Crippen molar-refractivity contribution in [3.8, 4) is 12.8 Å². The van der Waals surface area contributed by atoms with Crippen molar-refractivity contribution in [2.24, 2.45) is 5.41 Å². The van der Waals surface area contributed by atoms with Gasteiger partial charge in [0.25, 0.3) is 5.92 Å². The Bertz CT molecular complexity index is 1180. The molecule has 0 aliphatic heterocycles. The molecule has 0 saturated heterocycles. The normalized spacial score (nSPS) is 11.2. The molecule has 3 rings (SSSR count). The quantitative estimate of drug-likeness (QED) is 0.267. The molecule has 3 aromatic rings. The van der Waals surface area contributed by atoms with Crippen LogP contribution < -0.4 is 5.32 Å². The summed E-state index contributed by atoms with van der Waals surface area (Å²) >= 11 is 0. The number of benzene rings is 1. The van der Waals surface area contributed by atoms with Gasteiger partial charge in [-0.05, 0) is 54.7 Å². The highest BCUT2D eigenvalue weighted by atomic mass is 19.4. The number of hydrogen-bond acceptors (Lipinski definition) is 3. The zero-order chi connectivity index (χ0) is 29.9. The minimum atomic E-state index is -4.47. The second-order valence-corrected chi connectivity index (χ2v) is 9.43. The Hall–Kier alpha value is -3.74. The topological polar surface area (TPSA) is 46.4 Å². The minimum absolute atomic E-state index is 0.0322. The monoisotopic (exact) mass is 541 g/mol. The molecule has 0 aliphatic rings. The Labute approximate surface area is 219 Å². The molecule has 1 N–H and O–H groups in total. The van der Waals surface area contributed by atoms with E-state index < -0.39 is 23.5 Å². The van der Waals surface area contributed by atoms with Crippen molar-refractivity contribution in [2.45, 2.75) is 53.1 Å². The second kappa shape index (κ2) is 14.3. The van der Waals surface area contributed by atoms with E-state index in [4.69, 9.17) is 4.79 Å². The molecular weight excluding hydrogens is 508 g/mol. The highest BCUT2D eigenvalue weighted by Crippen LogP contribution is 2.30. The van der Waals surface area contributed by atoms with Gasteiger partial charge < -0.3 is 14.5 Å². The molecule has 38 heavy (non-hydrogen) atoms. The van der Waals surface area contributed by atoms with Gasteiger partial charge in [-0.25, -0.2) is 18.2 Å². The highest BCUT2D eigenvalue weighted by molar-refractivity contribution is 5.61. The number of rotatable bonds is 5. The van der Waals surface area contributed by atoms with Gasteiger partial charge in [-0.15, -0.1) is 12.8 Å². The summed E-state index contributed by atoms with van der Waals surface area (Å²) in [4.78, 5) is 12.4. The fourth-order valence-electron chi connectivity index (χ4n) is 2.98. The first-order chi connectivity index (χ1) is 17.5. The molecule has 0 unspecified atom stereocenters. The van der Waals surface area contributed by atoms with Gasteiger partial charge in [0.2, 0.25) is 0 Å². The van der Waals surface area contributed by atoms with Gasteiger partial charge in [0.05, 0.1) is 11.3 Å². The van der Waals surface area contributed by atoms with Crippen LogP contribution in [0.15, 0.2) is 49.3 Å². The Morgan fingerprint density at radius 2 is 1.55 bits per heavy atom. The van der Waals surface area contributed by atoms with Gasteiger partial charge in [-0.2, -0.15) is 13.2 Å². The number of terminal acetylenes is 1. The molecule has 0 bridgehead atoms. The van der Waals surface area contributed by atoms with Gasteiger partial charge in [-0.3, -0.25) is 0 Å². The van der Waals surface area contributed by atoms with Crippen LogP contribution in [0.5, 0.6) is 0 Å². The van der Waals surface area contributed by atoms with Crippen molar-refractivity contribution in [2.75, 3.05) is 6.54 Å². The summed E-state index contributed by atoms with van der Waals surface area (Å²) in [5, 5.41) is 3.24. The van der Waals surface area contributed by atoms with Crippen LogP contribution in [0.1, 0.15) is 56.5 Å². The molecule has 0 radical (unpaired) electrons. The molecular formula is C28H33F6N3O. The number of fused-ring (bicyclic) bond motifs is 1. The number of aryl methyl sites for hydroxylation is 1. The van der Waals surface area contributed by atoms with Crippen molar-refractivity contribution in [1.82, 2.24) is 14.7 Å². The standard InChI is InChI=1S/C17H23F2N3.C8H6F4.C2H2.CH2O/c1-12(20-9-8-16(2,3)4)14-11-22-10-13(17(5,18)19)6-7-15(22)21-14;1-5-2-6(8(10,11)12)4-7(9)3-5;2*1-2/h6-7,10-11,20H,1,8-9H2,2-5H3;2-4H,1H3;1-2H;1H2. The van der Waals surface area contributed by atoms with Gasteiger partial charge in [0, 0.05) is 31.4 Å². The van der Waals surface area contributed by atoms with E-state index in [-0.39, 0.29) is 16.5 Å². The largest absolute Gasteiger partial charge is 0.416 e. The zero-order valence-electron chi connectivity index (χ0n) is 22.1. The van der Waals surface area contributed by atoms with Crippen molar-refractivity contribution in [3.63, 3.8) is 0 Å². The fraction of sp³-hybridized carbons (Fsp3) is 0.357. The SMILES string of the molecule is C#C.C=C(NCCC(C)(C)C)c1cn2cc(C(C)(F)F)ccc2n1.C=O.Cc1cc(F)cc(C(F)(F)F)c1. The van der Waals surface area contributed by atoms with Gasteiger partial charge in [0.1, 0.15) is 23.9 Å². The third-order valence-electron chi connectivity index (χ3n) is 4.85.